The number of nitrogens with one attached hydrogen (secondary N) is 2. The first-order valence-electron chi connectivity index (χ1n) is 9.42. The highest BCUT2D eigenvalue weighted by Crippen LogP contribution is 2.33. The molecule has 10 heteroatoms. The average Bonchev–Trinajstić information content (AvgIpc) is 3.42. The fraction of sp³-hybridized carbons (Fsp3) is 0.300. The van der Waals surface area contributed by atoms with Crippen LogP contribution in [0.5, 0.6) is 11.5 Å². The summed E-state index contributed by atoms with van der Waals surface area (Å²) in [5, 5.41) is 10.6. The van der Waals surface area contributed by atoms with Crippen LogP contribution in [-0.2, 0) is 14.8 Å². The van der Waals surface area contributed by atoms with Gasteiger partial charge in [-0.1, -0.05) is 0 Å². The van der Waals surface area contributed by atoms with Crippen LogP contribution in [0.1, 0.15) is 12.8 Å². The molecule has 1 aliphatic heterocycles. The van der Waals surface area contributed by atoms with E-state index in [0.29, 0.717) is 30.0 Å². The number of aromatic nitrogens is 2. The number of H-pyrrole nitrogens is 1. The predicted molar refractivity (Wildman–Crippen MR) is 111 cm³/mol. The number of rotatable bonds is 6. The summed E-state index contributed by atoms with van der Waals surface area (Å²) in [6.07, 6.45) is 2.74. The fourth-order valence-electron chi connectivity index (χ4n) is 3.64. The molecule has 9 nitrogen and oxygen atoms in total. The molecule has 1 amide bonds. The molecular weight excluding hydrogens is 408 g/mol. The highest BCUT2D eigenvalue weighted by molar-refractivity contribution is 7.89. The maximum atomic E-state index is 13.2. The monoisotopic (exact) mass is 430 g/mol. The Bertz CT molecular complexity index is 1190. The standard InChI is InChI=1S/C20H22N4O5S/c1-28-18-8-7-15(11-19(18)29-2)30(26,27)24-9-3-4-17(24)20(25)22-14-6-5-13-12-21-23-16(13)10-14/h5-8,10-12,17H,3-4,9H2,1-2H3,(H,21,23)(H,22,25). The molecular formula is C20H22N4O5S. The largest absolute Gasteiger partial charge is 0.493 e. The number of hydrogen-bond acceptors (Lipinski definition) is 6. The Balaban J connectivity index is 1.58. The second-order valence-corrected chi connectivity index (χ2v) is 8.84. The van der Waals surface area contributed by atoms with Crippen molar-refractivity contribution in [3.8, 4) is 11.5 Å². The molecule has 2 heterocycles. The SMILES string of the molecule is COc1ccc(S(=O)(=O)N2CCCC2C(=O)Nc2ccc3cn[nH]c3c2)cc1OC. The third-order valence-electron chi connectivity index (χ3n) is 5.18. The number of hydrogen-bond donors (Lipinski definition) is 2. The van der Waals surface area contributed by atoms with E-state index in [-0.39, 0.29) is 17.3 Å². The van der Waals surface area contributed by atoms with Crippen LogP contribution < -0.4 is 14.8 Å². The quantitative estimate of drug-likeness (QED) is 0.621. The Labute approximate surface area is 174 Å². The van der Waals surface area contributed by atoms with Crippen LogP contribution in [0, 0.1) is 0 Å². The van der Waals surface area contributed by atoms with Crippen LogP contribution in [-0.4, -0.2) is 55.6 Å². The van der Waals surface area contributed by atoms with Gasteiger partial charge in [0.05, 0.1) is 30.8 Å². The molecule has 1 fully saturated rings. The minimum atomic E-state index is -3.89. The van der Waals surface area contributed by atoms with Crippen LogP contribution >= 0.6 is 0 Å². The second kappa shape index (κ2) is 7.96. The number of fused-ring (bicyclic) bond motifs is 1. The Kier molecular flexibility index (Phi) is 5.35. The average molecular weight is 430 g/mol. The van der Waals surface area contributed by atoms with Crippen molar-refractivity contribution in [1.82, 2.24) is 14.5 Å². The van der Waals surface area contributed by atoms with Gasteiger partial charge in [-0.2, -0.15) is 9.40 Å². The van der Waals surface area contributed by atoms with E-state index in [1.54, 1.807) is 18.3 Å². The number of ether oxygens (including phenoxy) is 2. The number of carbonyl (C=O) groups excluding carboxylic acids is 1. The Hall–Kier alpha value is -3.11. The lowest BCUT2D eigenvalue weighted by Crippen LogP contribution is -2.43. The number of nitrogens with zero attached hydrogens (tertiary/aromatic N) is 2. The summed E-state index contributed by atoms with van der Waals surface area (Å²) in [5.74, 6) is 0.378. The predicted octanol–water partition coefficient (Wildman–Crippen LogP) is 2.37. The molecule has 30 heavy (non-hydrogen) atoms. The molecule has 2 N–H and O–H groups in total. The van der Waals surface area contributed by atoms with Crippen molar-refractivity contribution in [2.24, 2.45) is 0 Å². The normalized spacial score (nSPS) is 17.2. The van der Waals surface area contributed by atoms with Gasteiger partial charge in [0.15, 0.2) is 11.5 Å². The number of carbonyl (C=O) groups is 1. The molecule has 1 aromatic heterocycles. The Morgan fingerprint density at radius 3 is 2.73 bits per heavy atom. The van der Waals surface area contributed by atoms with Crippen LogP contribution in [0.4, 0.5) is 5.69 Å². The maximum absolute atomic E-state index is 13.2. The smallest absolute Gasteiger partial charge is 0.243 e. The van der Waals surface area contributed by atoms with E-state index in [9.17, 15) is 13.2 Å². The lowest BCUT2D eigenvalue weighted by Gasteiger charge is -2.24. The minimum absolute atomic E-state index is 0.0544. The molecule has 1 atom stereocenters. The molecule has 1 saturated heterocycles. The molecule has 0 aliphatic carbocycles. The third kappa shape index (κ3) is 3.59. The van der Waals surface area contributed by atoms with E-state index in [0.717, 1.165) is 10.9 Å². The van der Waals surface area contributed by atoms with Crippen molar-refractivity contribution in [2.45, 2.75) is 23.8 Å². The van der Waals surface area contributed by atoms with Gasteiger partial charge < -0.3 is 14.8 Å². The summed E-state index contributed by atoms with van der Waals surface area (Å²) in [4.78, 5) is 13.0. The fourth-order valence-corrected chi connectivity index (χ4v) is 5.32. The minimum Gasteiger partial charge on any atom is -0.493 e. The molecule has 0 saturated carbocycles. The Morgan fingerprint density at radius 2 is 1.97 bits per heavy atom. The van der Waals surface area contributed by atoms with E-state index < -0.39 is 16.1 Å². The summed E-state index contributed by atoms with van der Waals surface area (Å²) >= 11 is 0. The summed E-state index contributed by atoms with van der Waals surface area (Å²) in [7, 11) is -0.967. The number of anilines is 1. The molecule has 0 spiro atoms. The molecule has 1 aliphatic rings. The van der Waals surface area contributed by atoms with E-state index in [1.807, 2.05) is 6.07 Å². The van der Waals surface area contributed by atoms with E-state index >= 15 is 0 Å². The maximum Gasteiger partial charge on any atom is 0.243 e. The molecule has 2 aromatic carbocycles. The molecule has 3 aromatic rings. The first kappa shape index (κ1) is 20.2. The first-order valence-corrected chi connectivity index (χ1v) is 10.9. The number of amides is 1. The summed E-state index contributed by atoms with van der Waals surface area (Å²) in [5.41, 5.74) is 1.36. The van der Waals surface area contributed by atoms with Crippen molar-refractivity contribution >= 4 is 32.5 Å². The van der Waals surface area contributed by atoms with Gasteiger partial charge in [0, 0.05) is 23.7 Å². The highest BCUT2D eigenvalue weighted by Gasteiger charge is 2.39. The van der Waals surface area contributed by atoms with Gasteiger partial charge in [-0.25, -0.2) is 8.42 Å². The zero-order chi connectivity index (χ0) is 21.3. The van der Waals surface area contributed by atoms with Crippen molar-refractivity contribution in [3.63, 3.8) is 0 Å². The number of aromatic amines is 1. The van der Waals surface area contributed by atoms with Crippen molar-refractivity contribution < 1.29 is 22.7 Å². The zero-order valence-corrected chi connectivity index (χ0v) is 17.4. The van der Waals surface area contributed by atoms with Crippen molar-refractivity contribution in [2.75, 3.05) is 26.1 Å². The summed E-state index contributed by atoms with van der Waals surface area (Å²) in [6.45, 7) is 0.272. The Morgan fingerprint density at radius 1 is 1.17 bits per heavy atom. The molecule has 0 bridgehead atoms. The van der Waals surface area contributed by atoms with E-state index in [1.165, 1.54) is 36.7 Å². The van der Waals surface area contributed by atoms with Gasteiger partial charge in [-0.3, -0.25) is 9.89 Å². The van der Waals surface area contributed by atoms with Crippen LogP contribution in [0.3, 0.4) is 0 Å². The van der Waals surface area contributed by atoms with Crippen LogP contribution in [0.25, 0.3) is 10.9 Å². The first-order chi connectivity index (χ1) is 14.4. The molecule has 158 valence electrons. The van der Waals surface area contributed by atoms with Crippen LogP contribution in [0.15, 0.2) is 47.5 Å². The topological polar surface area (TPSA) is 114 Å². The number of sulfonamides is 1. The molecule has 4 rings (SSSR count). The summed E-state index contributed by atoms with van der Waals surface area (Å²) < 4.78 is 38.1. The van der Waals surface area contributed by atoms with Crippen molar-refractivity contribution in [1.29, 1.82) is 0 Å². The van der Waals surface area contributed by atoms with Crippen LogP contribution in [0.2, 0.25) is 0 Å². The zero-order valence-electron chi connectivity index (χ0n) is 16.6. The van der Waals surface area contributed by atoms with Gasteiger partial charge in [-0.05, 0) is 43.2 Å². The van der Waals surface area contributed by atoms with Gasteiger partial charge in [0.25, 0.3) is 0 Å². The lowest BCUT2D eigenvalue weighted by molar-refractivity contribution is -0.119. The van der Waals surface area contributed by atoms with Gasteiger partial charge in [0.1, 0.15) is 6.04 Å². The number of benzene rings is 2. The summed E-state index contributed by atoms with van der Waals surface area (Å²) in [6, 6.07) is 8.97. The van der Waals surface area contributed by atoms with Gasteiger partial charge in [0.2, 0.25) is 15.9 Å². The van der Waals surface area contributed by atoms with Gasteiger partial charge in [-0.15, -0.1) is 0 Å². The molecule has 1 unspecified atom stereocenters. The highest BCUT2D eigenvalue weighted by atomic mass is 32.2. The molecule has 0 radical (unpaired) electrons. The second-order valence-electron chi connectivity index (χ2n) is 6.95. The van der Waals surface area contributed by atoms with E-state index in [2.05, 4.69) is 15.5 Å². The lowest BCUT2D eigenvalue weighted by atomic mass is 10.2. The third-order valence-corrected chi connectivity index (χ3v) is 7.08. The van der Waals surface area contributed by atoms with Crippen molar-refractivity contribution in [3.05, 3.63) is 42.6 Å². The van der Waals surface area contributed by atoms with E-state index in [4.69, 9.17) is 9.47 Å². The van der Waals surface area contributed by atoms with Gasteiger partial charge >= 0.3 is 0 Å². The number of methoxy groups -OCH3 is 2.